The molecule has 0 spiro atoms. The fraction of sp³-hybridized carbons (Fsp3) is 0.273. The molecule has 0 saturated carbocycles. The van der Waals surface area contributed by atoms with Gasteiger partial charge in [-0.1, -0.05) is 51.9 Å². The molecule has 0 aromatic heterocycles. The normalized spacial score (nSPS) is 11.2. The van der Waals surface area contributed by atoms with E-state index in [0.29, 0.717) is 0 Å². The molecule has 1 aromatic rings. The van der Waals surface area contributed by atoms with Crippen molar-refractivity contribution >= 4 is 28.1 Å². The summed E-state index contributed by atoms with van der Waals surface area (Å²) in [5, 5.41) is 15.1. The Balaban J connectivity index is 0. The summed E-state index contributed by atoms with van der Waals surface area (Å²) >= 11 is 3.36. The molecule has 7 heteroatoms. The van der Waals surface area contributed by atoms with E-state index in [1.165, 1.54) is 16.8 Å². The van der Waals surface area contributed by atoms with E-state index in [9.17, 15) is 5.11 Å². The largest absolute Gasteiger partial charge is 0.404 e. The number of rotatable bonds is 6. The summed E-state index contributed by atoms with van der Waals surface area (Å²) in [5.41, 5.74) is 14.4. The lowest BCUT2D eigenvalue weighted by Crippen LogP contribution is -2.19. The Morgan fingerprint density at radius 2 is 1.83 bits per heavy atom. The van der Waals surface area contributed by atoms with Gasteiger partial charge in [-0.3, -0.25) is 4.79 Å². The number of carbonyl (C=O) groups excluding carboxylic acids is 1. The van der Waals surface area contributed by atoms with Crippen molar-refractivity contribution in [3.63, 3.8) is 0 Å². The molecule has 160 valence electrons. The van der Waals surface area contributed by atoms with Gasteiger partial charge in [-0.25, -0.2) is 5.01 Å². The number of amides is 1. The van der Waals surface area contributed by atoms with Gasteiger partial charge in [0.15, 0.2) is 0 Å². The SMILES string of the molecule is C=C/C(=C\C=C(C)C)N(CO)/N=C(C)\C(C)=C/N.Cc1cccc(Br)c1.NC=O. The zero-order valence-electron chi connectivity index (χ0n) is 17.9. The standard InChI is InChI=1S/C14H23N3O.C7H7Br.CH3NO/c1-6-14(8-7-11(2)3)17(10-18)16-13(5)12(4)9-15;1-6-3-2-4-7(8)5-6;2-1-3/h6-9,18H,1,10,15H2,2-5H3;2-5H,1H3;1H,(H2,2,3)/b12-9-,14-8+,16-13-;;. The van der Waals surface area contributed by atoms with Crippen molar-refractivity contribution in [2.24, 2.45) is 16.6 Å². The molecule has 0 unspecified atom stereocenters. The Labute approximate surface area is 183 Å². The average molecular weight is 465 g/mol. The Kier molecular flexibility index (Phi) is 17.2. The number of aryl methyl sites for hydroxylation is 1. The first-order valence-corrected chi connectivity index (χ1v) is 9.63. The summed E-state index contributed by atoms with van der Waals surface area (Å²) in [4.78, 5) is 8.58. The Hall–Kier alpha value is -2.64. The zero-order chi connectivity index (χ0) is 22.8. The number of allylic oxidation sites excluding steroid dienone is 5. The number of aliphatic hydroxyl groups is 1. The van der Waals surface area contributed by atoms with Gasteiger partial charge >= 0.3 is 0 Å². The minimum absolute atomic E-state index is 0.219. The van der Waals surface area contributed by atoms with Gasteiger partial charge in [0.25, 0.3) is 0 Å². The molecule has 0 aliphatic rings. The first-order valence-electron chi connectivity index (χ1n) is 8.84. The third kappa shape index (κ3) is 15.0. The molecule has 0 aliphatic carbocycles. The van der Waals surface area contributed by atoms with Crippen LogP contribution in [0, 0.1) is 6.92 Å². The number of hydrogen-bond donors (Lipinski definition) is 3. The van der Waals surface area contributed by atoms with Crippen LogP contribution in [0.4, 0.5) is 0 Å². The highest BCUT2D eigenvalue weighted by Gasteiger charge is 2.04. The quantitative estimate of drug-likeness (QED) is 0.191. The minimum Gasteiger partial charge on any atom is -0.404 e. The lowest BCUT2D eigenvalue weighted by Gasteiger charge is -2.18. The number of nitrogens with two attached hydrogens (primary N) is 2. The van der Waals surface area contributed by atoms with Gasteiger partial charge < -0.3 is 16.6 Å². The summed E-state index contributed by atoms with van der Waals surface area (Å²) in [7, 11) is 0. The third-order valence-corrected chi connectivity index (χ3v) is 3.79. The van der Waals surface area contributed by atoms with Crippen molar-refractivity contribution in [3.8, 4) is 0 Å². The fourth-order valence-electron chi connectivity index (χ4n) is 1.67. The van der Waals surface area contributed by atoms with E-state index < -0.39 is 0 Å². The van der Waals surface area contributed by atoms with Gasteiger partial charge in [0.2, 0.25) is 6.41 Å². The number of primary amides is 1. The molecule has 0 saturated heterocycles. The molecule has 0 aliphatic heterocycles. The third-order valence-electron chi connectivity index (χ3n) is 3.30. The van der Waals surface area contributed by atoms with Crippen LogP contribution in [-0.4, -0.2) is 29.0 Å². The van der Waals surface area contributed by atoms with Crippen LogP contribution >= 0.6 is 15.9 Å². The van der Waals surface area contributed by atoms with Gasteiger partial charge in [0, 0.05) is 4.47 Å². The first kappa shape index (κ1) is 28.6. The van der Waals surface area contributed by atoms with Crippen LogP contribution in [0.1, 0.15) is 33.3 Å². The van der Waals surface area contributed by atoms with Gasteiger partial charge in [-0.15, -0.1) is 0 Å². The van der Waals surface area contributed by atoms with Crippen molar-refractivity contribution in [3.05, 3.63) is 82.2 Å². The van der Waals surface area contributed by atoms with E-state index in [4.69, 9.17) is 10.5 Å². The fourth-order valence-corrected chi connectivity index (χ4v) is 2.18. The minimum atomic E-state index is -0.219. The number of halogens is 1. The van der Waals surface area contributed by atoms with Crippen LogP contribution in [0.5, 0.6) is 0 Å². The van der Waals surface area contributed by atoms with Crippen LogP contribution in [0.15, 0.2) is 81.7 Å². The van der Waals surface area contributed by atoms with Crippen molar-refractivity contribution in [2.45, 2.75) is 34.6 Å². The summed E-state index contributed by atoms with van der Waals surface area (Å²) in [6.07, 6.45) is 7.18. The smallest absolute Gasteiger partial charge is 0.204 e. The lowest BCUT2D eigenvalue weighted by molar-refractivity contribution is -0.106. The summed E-state index contributed by atoms with van der Waals surface area (Å²) in [6, 6.07) is 8.21. The highest BCUT2D eigenvalue weighted by atomic mass is 79.9. The predicted octanol–water partition coefficient (Wildman–Crippen LogP) is 4.37. The number of nitrogens with zero attached hydrogens (tertiary/aromatic N) is 2. The van der Waals surface area contributed by atoms with Crippen molar-refractivity contribution in [2.75, 3.05) is 6.73 Å². The Morgan fingerprint density at radius 3 is 2.17 bits per heavy atom. The lowest BCUT2D eigenvalue weighted by atomic mass is 10.2. The second-order valence-electron chi connectivity index (χ2n) is 6.05. The van der Waals surface area contributed by atoms with E-state index >= 15 is 0 Å². The highest BCUT2D eigenvalue weighted by Crippen LogP contribution is 2.10. The van der Waals surface area contributed by atoms with Crippen molar-refractivity contribution in [1.29, 1.82) is 0 Å². The molecule has 1 aromatic carbocycles. The molecular formula is C22H33BrN4O2. The number of hydrogen-bond acceptors (Lipinski definition) is 5. The van der Waals surface area contributed by atoms with Crippen LogP contribution in [-0.2, 0) is 4.79 Å². The van der Waals surface area contributed by atoms with Gasteiger partial charge in [-0.05, 0) is 70.7 Å². The molecule has 0 radical (unpaired) electrons. The number of aliphatic hydroxyl groups excluding tert-OH is 1. The topological polar surface area (TPSA) is 105 Å². The van der Waals surface area contributed by atoms with Gasteiger partial charge in [0.1, 0.15) is 6.73 Å². The maximum Gasteiger partial charge on any atom is 0.204 e. The van der Waals surface area contributed by atoms with Crippen molar-refractivity contribution in [1.82, 2.24) is 5.01 Å². The maximum absolute atomic E-state index is 9.35. The van der Waals surface area contributed by atoms with E-state index in [0.717, 1.165) is 27.0 Å². The average Bonchev–Trinajstić information content (AvgIpc) is 2.67. The van der Waals surface area contributed by atoms with Gasteiger partial charge in [-0.2, -0.15) is 5.10 Å². The summed E-state index contributed by atoms with van der Waals surface area (Å²) in [6.45, 7) is 13.3. The molecular weight excluding hydrogens is 432 g/mol. The van der Waals surface area contributed by atoms with E-state index in [-0.39, 0.29) is 13.1 Å². The number of carbonyl (C=O) groups is 1. The Bertz CT molecular complexity index is 732. The van der Waals surface area contributed by atoms with Crippen LogP contribution < -0.4 is 11.5 Å². The molecule has 5 N–H and O–H groups in total. The van der Waals surface area contributed by atoms with Crippen LogP contribution in [0.2, 0.25) is 0 Å². The monoisotopic (exact) mass is 464 g/mol. The number of benzene rings is 1. The van der Waals surface area contributed by atoms with E-state index in [2.05, 4.69) is 52.4 Å². The van der Waals surface area contributed by atoms with Crippen LogP contribution in [0.25, 0.3) is 0 Å². The molecule has 0 heterocycles. The molecule has 0 bridgehead atoms. The molecule has 29 heavy (non-hydrogen) atoms. The first-order chi connectivity index (χ1) is 13.7. The summed E-state index contributed by atoms with van der Waals surface area (Å²) < 4.78 is 1.15. The zero-order valence-corrected chi connectivity index (χ0v) is 19.5. The highest BCUT2D eigenvalue weighted by molar-refractivity contribution is 9.10. The predicted molar refractivity (Wildman–Crippen MR) is 127 cm³/mol. The van der Waals surface area contributed by atoms with Crippen LogP contribution in [0.3, 0.4) is 0 Å². The maximum atomic E-state index is 9.35. The molecule has 1 rings (SSSR count). The molecule has 0 fully saturated rings. The second kappa shape index (κ2) is 17.5. The molecule has 0 atom stereocenters. The number of hydrazone groups is 1. The van der Waals surface area contributed by atoms with E-state index in [1.807, 2.05) is 52.0 Å². The van der Waals surface area contributed by atoms with E-state index in [1.54, 1.807) is 6.08 Å². The van der Waals surface area contributed by atoms with Gasteiger partial charge in [0.05, 0.1) is 11.4 Å². The molecule has 1 amide bonds. The second-order valence-corrected chi connectivity index (χ2v) is 6.97. The van der Waals surface area contributed by atoms with Crippen molar-refractivity contribution < 1.29 is 9.90 Å². The summed E-state index contributed by atoms with van der Waals surface area (Å²) in [5.74, 6) is 0. The molecule has 6 nitrogen and oxygen atoms in total. The Morgan fingerprint density at radius 1 is 1.24 bits per heavy atom.